The van der Waals surface area contributed by atoms with Crippen molar-refractivity contribution in [1.29, 1.82) is 0 Å². The lowest BCUT2D eigenvalue weighted by Crippen LogP contribution is -2.24. The second kappa shape index (κ2) is 8.01. The van der Waals surface area contributed by atoms with Gasteiger partial charge in [-0.2, -0.15) is 8.42 Å². The third-order valence-electron chi connectivity index (χ3n) is 6.18. The fourth-order valence-electron chi connectivity index (χ4n) is 4.39. The molecule has 35 heavy (non-hydrogen) atoms. The third-order valence-corrected chi connectivity index (χ3v) is 8.33. The highest BCUT2D eigenvalue weighted by Gasteiger charge is 2.29. The molecule has 0 amide bonds. The van der Waals surface area contributed by atoms with E-state index in [1.54, 1.807) is 19.4 Å². The molecule has 0 spiro atoms. The molecule has 3 aromatic heterocycles. The Balaban J connectivity index is 1.69. The van der Waals surface area contributed by atoms with E-state index in [9.17, 15) is 17.8 Å². The van der Waals surface area contributed by atoms with E-state index in [1.807, 2.05) is 18.2 Å². The van der Waals surface area contributed by atoms with E-state index >= 15 is 0 Å². The molecule has 0 radical (unpaired) electrons. The normalized spacial score (nSPS) is 14.1. The number of fused-ring (bicyclic) bond motifs is 3. The molecule has 11 heteroatoms. The SMILES string of the molecule is COc1ccc(-c2nc3sc4c(S(=O)(=O)O)cccc4c3c(=O)n2Cc2cnco2)c(C2CC2)c1. The first-order chi connectivity index (χ1) is 16.8. The van der Waals surface area contributed by atoms with Gasteiger partial charge in [-0.1, -0.05) is 12.1 Å². The monoisotopic (exact) mass is 509 g/mol. The predicted octanol–water partition coefficient (Wildman–Crippen LogP) is 4.45. The standard InChI is InChI=1S/C24H19N3O6S2/c1-32-14-7-8-16(18(9-14)13-5-6-13)22-26-23-20(24(28)27(22)11-15-10-25-12-33-15)17-3-2-4-19(21(17)34-23)35(29,30)31/h2-4,7-10,12-13H,5-6,11H2,1H3,(H,29,30,31). The molecule has 0 atom stereocenters. The predicted molar refractivity (Wildman–Crippen MR) is 131 cm³/mol. The Morgan fingerprint density at radius 2 is 2.09 bits per heavy atom. The molecule has 1 N–H and O–H groups in total. The lowest BCUT2D eigenvalue weighted by atomic mass is 10.0. The average Bonchev–Trinajstić information content (AvgIpc) is 3.42. The number of oxazole rings is 1. The molecule has 0 unspecified atom stereocenters. The molecular formula is C24H19N3O6S2. The van der Waals surface area contributed by atoms with Crippen molar-refractivity contribution in [2.75, 3.05) is 7.11 Å². The van der Waals surface area contributed by atoms with Crippen molar-refractivity contribution in [2.24, 2.45) is 0 Å². The van der Waals surface area contributed by atoms with Gasteiger partial charge in [0.2, 0.25) is 0 Å². The largest absolute Gasteiger partial charge is 0.497 e. The van der Waals surface area contributed by atoms with Crippen molar-refractivity contribution in [2.45, 2.75) is 30.2 Å². The van der Waals surface area contributed by atoms with Gasteiger partial charge in [-0.05, 0) is 48.6 Å². The minimum atomic E-state index is -4.48. The van der Waals surface area contributed by atoms with Gasteiger partial charge in [-0.15, -0.1) is 11.3 Å². The van der Waals surface area contributed by atoms with Gasteiger partial charge in [0.05, 0.1) is 29.9 Å². The highest BCUT2D eigenvalue weighted by molar-refractivity contribution is 7.86. The molecule has 3 heterocycles. The van der Waals surface area contributed by atoms with Crippen LogP contribution < -0.4 is 10.3 Å². The van der Waals surface area contributed by atoms with Crippen molar-refractivity contribution >= 4 is 41.8 Å². The van der Waals surface area contributed by atoms with Gasteiger partial charge in [0.25, 0.3) is 15.7 Å². The summed E-state index contributed by atoms with van der Waals surface area (Å²) in [5, 5.41) is 0.716. The fourth-order valence-corrected chi connectivity index (χ4v) is 6.50. The zero-order valence-corrected chi connectivity index (χ0v) is 20.1. The van der Waals surface area contributed by atoms with Crippen molar-refractivity contribution in [1.82, 2.24) is 14.5 Å². The number of aromatic nitrogens is 3. The summed E-state index contributed by atoms with van der Waals surface area (Å²) in [4.78, 5) is 22.9. The Kier molecular flexibility index (Phi) is 5.02. The lowest BCUT2D eigenvalue weighted by Gasteiger charge is -2.15. The van der Waals surface area contributed by atoms with Gasteiger partial charge in [-0.25, -0.2) is 9.97 Å². The number of ether oxygens (including phenoxy) is 1. The molecule has 1 saturated carbocycles. The number of rotatable bonds is 6. The molecule has 6 rings (SSSR count). The maximum Gasteiger partial charge on any atom is 0.295 e. The van der Waals surface area contributed by atoms with Crippen LogP contribution in [0, 0.1) is 0 Å². The summed E-state index contributed by atoms with van der Waals surface area (Å²) in [7, 11) is -2.87. The van der Waals surface area contributed by atoms with E-state index in [1.165, 1.54) is 23.1 Å². The second-order valence-electron chi connectivity index (χ2n) is 8.41. The number of hydrogen-bond donors (Lipinski definition) is 1. The number of thiophene rings is 1. The molecule has 9 nitrogen and oxygen atoms in total. The first kappa shape index (κ1) is 22.0. The van der Waals surface area contributed by atoms with Gasteiger partial charge < -0.3 is 9.15 Å². The molecule has 178 valence electrons. The summed E-state index contributed by atoms with van der Waals surface area (Å²) < 4.78 is 46.4. The number of methoxy groups -OCH3 is 1. The topological polar surface area (TPSA) is 125 Å². The summed E-state index contributed by atoms with van der Waals surface area (Å²) in [6.07, 6.45) is 4.91. The summed E-state index contributed by atoms with van der Waals surface area (Å²) in [5.74, 6) is 2.00. The molecule has 0 saturated heterocycles. The van der Waals surface area contributed by atoms with Crippen LogP contribution in [-0.4, -0.2) is 34.6 Å². The Morgan fingerprint density at radius 3 is 2.77 bits per heavy atom. The highest BCUT2D eigenvalue weighted by atomic mass is 32.2. The first-order valence-corrected chi connectivity index (χ1v) is 13.1. The van der Waals surface area contributed by atoms with Crippen LogP contribution in [0.2, 0.25) is 0 Å². The van der Waals surface area contributed by atoms with Gasteiger partial charge in [-0.3, -0.25) is 13.9 Å². The molecule has 5 aromatic rings. The maximum absolute atomic E-state index is 13.9. The van der Waals surface area contributed by atoms with Gasteiger partial charge in [0.1, 0.15) is 27.1 Å². The summed E-state index contributed by atoms with van der Waals surface area (Å²) in [6, 6.07) is 10.2. The highest BCUT2D eigenvalue weighted by Crippen LogP contribution is 2.46. The van der Waals surface area contributed by atoms with Crippen LogP contribution in [0.3, 0.4) is 0 Å². The Morgan fingerprint density at radius 1 is 1.26 bits per heavy atom. The summed E-state index contributed by atoms with van der Waals surface area (Å²) >= 11 is 1.07. The average molecular weight is 510 g/mol. The van der Waals surface area contributed by atoms with Crippen molar-refractivity contribution in [3.63, 3.8) is 0 Å². The van der Waals surface area contributed by atoms with Crippen LogP contribution >= 0.6 is 11.3 Å². The van der Waals surface area contributed by atoms with E-state index in [0.29, 0.717) is 33.1 Å². The van der Waals surface area contributed by atoms with Crippen molar-refractivity contribution in [3.05, 3.63) is 70.7 Å². The van der Waals surface area contributed by atoms with Crippen LogP contribution in [0.15, 0.2) is 63.1 Å². The fraction of sp³-hybridized carbons (Fsp3) is 0.208. The van der Waals surface area contributed by atoms with E-state index in [4.69, 9.17) is 14.1 Å². The quantitative estimate of drug-likeness (QED) is 0.333. The number of hydrogen-bond acceptors (Lipinski definition) is 8. The van der Waals surface area contributed by atoms with Crippen molar-refractivity contribution in [3.8, 4) is 17.1 Å². The lowest BCUT2D eigenvalue weighted by molar-refractivity contribution is 0.414. The molecule has 1 aliphatic carbocycles. The second-order valence-corrected chi connectivity index (χ2v) is 10.8. The van der Waals surface area contributed by atoms with Crippen LogP contribution in [-0.2, 0) is 16.7 Å². The minimum absolute atomic E-state index is 0.0998. The molecule has 2 aromatic carbocycles. The van der Waals surface area contributed by atoms with Crippen LogP contribution in [0.5, 0.6) is 5.75 Å². The summed E-state index contributed by atoms with van der Waals surface area (Å²) in [5.41, 5.74) is 1.51. The first-order valence-electron chi connectivity index (χ1n) is 10.8. The molecule has 1 fully saturated rings. The van der Waals surface area contributed by atoms with E-state index in [0.717, 1.165) is 41.1 Å². The Bertz CT molecular complexity index is 1770. The molecule has 1 aliphatic rings. The zero-order chi connectivity index (χ0) is 24.3. The van der Waals surface area contributed by atoms with Crippen LogP contribution in [0.1, 0.15) is 30.1 Å². The maximum atomic E-state index is 13.9. The van der Waals surface area contributed by atoms with Gasteiger partial charge >= 0.3 is 0 Å². The van der Waals surface area contributed by atoms with Gasteiger partial charge in [0.15, 0.2) is 6.39 Å². The van der Waals surface area contributed by atoms with Crippen LogP contribution in [0.25, 0.3) is 31.7 Å². The van der Waals surface area contributed by atoms with E-state index in [-0.39, 0.29) is 21.7 Å². The molecule has 0 bridgehead atoms. The third kappa shape index (κ3) is 3.72. The van der Waals surface area contributed by atoms with E-state index < -0.39 is 10.1 Å². The molecule has 0 aliphatic heterocycles. The van der Waals surface area contributed by atoms with Crippen molar-refractivity contribution < 1.29 is 22.1 Å². The Hall–Kier alpha value is -3.54. The van der Waals surface area contributed by atoms with E-state index in [2.05, 4.69) is 4.98 Å². The number of nitrogens with zero attached hydrogens (tertiary/aromatic N) is 3. The number of benzene rings is 2. The minimum Gasteiger partial charge on any atom is -0.497 e. The van der Waals surface area contributed by atoms with Crippen LogP contribution in [0.4, 0.5) is 0 Å². The smallest absolute Gasteiger partial charge is 0.295 e. The zero-order valence-electron chi connectivity index (χ0n) is 18.5. The van der Waals surface area contributed by atoms with Gasteiger partial charge in [0, 0.05) is 10.9 Å². The molecular weight excluding hydrogens is 490 g/mol. The summed E-state index contributed by atoms with van der Waals surface area (Å²) in [6.45, 7) is 0.0998. The Labute approximate surface area is 203 Å².